The minimum Gasteiger partial charge on any atom is -0.489 e. The first kappa shape index (κ1) is 29.7. The minimum atomic E-state index is -3.81. The van der Waals surface area contributed by atoms with E-state index in [2.05, 4.69) is 5.32 Å². The van der Waals surface area contributed by atoms with Gasteiger partial charge in [0.2, 0.25) is 21.8 Å². The second kappa shape index (κ2) is 13.8. The van der Waals surface area contributed by atoms with E-state index in [1.807, 2.05) is 68.4 Å². The first-order valence-electron chi connectivity index (χ1n) is 13.0. The summed E-state index contributed by atoms with van der Waals surface area (Å²) in [5, 5.41) is 2.83. The van der Waals surface area contributed by atoms with Crippen LogP contribution in [0.4, 0.5) is 5.69 Å². The fourth-order valence-electron chi connectivity index (χ4n) is 3.93. The predicted octanol–water partition coefficient (Wildman–Crippen LogP) is 4.28. The van der Waals surface area contributed by atoms with Crippen LogP contribution in [0, 0.1) is 6.92 Å². The average molecular weight is 552 g/mol. The van der Waals surface area contributed by atoms with Crippen LogP contribution in [-0.2, 0) is 32.8 Å². The molecule has 0 aliphatic rings. The third kappa shape index (κ3) is 8.85. The Labute approximate surface area is 231 Å². The number of carbonyl (C=O) groups is 2. The molecule has 0 unspecified atom stereocenters. The van der Waals surface area contributed by atoms with E-state index in [1.165, 1.54) is 4.90 Å². The lowest BCUT2D eigenvalue weighted by molar-refractivity contribution is -0.139. The Morgan fingerprint density at radius 1 is 0.923 bits per heavy atom. The van der Waals surface area contributed by atoms with Crippen molar-refractivity contribution in [2.24, 2.45) is 0 Å². The Balaban J connectivity index is 1.80. The molecule has 0 saturated heterocycles. The monoisotopic (exact) mass is 551 g/mol. The van der Waals surface area contributed by atoms with Gasteiger partial charge in [0.1, 0.15) is 24.9 Å². The number of aryl methyl sites for hydroxylation is 1. The molecule has 3 aromatic rings. The highest BCUT2D eigenvalue weighted by Gasteiger charge is 2.30. The summed E-state index contributed by atoms with van der Waals surface area (Å²) in [7, 11) is -3.81. The fraction of sp³-hybridized carbons (Fsp3) is 0.333. The molecule has 2 amide bonds. The van der Waals surface area contributed by atoms with Crippen LogP contribution in [0.5, 0.6) is 5.75 Å². The van der Waals surface area contributed by atoms with Crippen molar-refractivity contribution in [2.75, 3.05) is 23.7 Å². The molecule has 208 valence electrons. The number of sulfonamides is 1. The van der Waals surface area contributed by atoms with Gasteiger partial charge in [0, 0.05) is 13.1 Å². The number of anilines is 1. The number of amides is 2. The zero-order valence-corrected chi connectivity index (χ0v) is 23.8. The van der Waals surface area contributed by atoms with E-state index in [0.717, 1.165) is 33.7 Å². The minimum absolute atomic E-state index is 0.170. The zero-order chi connectivity index (χ0) is 28.4. The second-order valence-corrected chi connectivity index (χ2v) is 11.4. The summed E-state index contributed by atoms with van der Waals surface area (Å²) >= 11 is 0. The molecule has 0 heterocycles. The van der Waals surface area contributed by atoms with Crippen molar-refractivity contribution < 1.29 is 22.7 Å². The van der Waals surface area contributed by atoms with Crippen LogP contribution >= 0.6 is 0 Å². The van der Waals surface area contributed by atoms with Crippen LogP contribution < -0.4 is 14.4 Å². The Bertz CT molecular complexity index is 1330. The first-order valence-corrected chi connectivity index (χ1v) is 14.8. The Morgan fingerprint density at radius 3 is 2.15 bits per heavy atom. The summed E-state index contributed by atoms with van der Waals surface area (Å²) < 4.78 is 32.4. The van der Waals surface area contributed by atoms with E-state index in [9.17, 15) is 18.0 Å². The molecule has 0 aliphatic carbocycles. The van der Waals surface area contributed by atoms with Crippen molar-refractivity contribution in [2.45, 2.75) is 46.4 Å². The summed E-state index contributed by atoms with van der Waals surface area (Å²) in [4.78, 5) is 27.8. The smallest absolute Gasteiger partial charge is 0.244 e. The van der Waals surface area contributed by atoms with Crippen molar-refractivity contribution >= 4 is 27.5 Å². The topological polar surface area (TPSA) is 96.0 Å². The summed E-state index contributed by atoms with van der Waals surface area (Å²) in [5.74, 6) is -0.197. The van der Waals surface area contributed by atoms with Crippen LogP contribution in [0.3, 0.4) is 0 Å². The molecule has 0 radical (unpaired) electrons. The molecule has 0 aliphatic heterocycles. The van der Waals surface area contributed by atoms with Gasteiger partial charge in [-0.1, -0.05) is 67.1 Å². The summed E-state index contributed by atoms with van der Waals surface area (Å²) in [6, 6.07) is 23.1. The number of carbonyl (C=O) groups excluding carboxylic acids is 2. The van der Waals surface area contributed by atoms with Crippen LogP contribution in [0.2, 0.25) is 0 Å². The highest BCUT2D eigenvalue weighted by Crippen LogP contribution is 2.23. The Morgan fingerprint density at radius 2 is 1.56 bits per heavy atom. The van der Waals surface area contributed by atoms with E-state index in [0.29, 0.717) is 24.6 Å². The number of benzene rings is 3. The van der Waals surface area contributed by atoms with Crippen molar-refractivity contribution in [3.8, 4) is 5.75 Å². The number of ether oxygens (including phenoxy) is 1. The maximum Gasteiger partial charge on any atom is 0.244 e. The summed E-state index contributed by atoms with van der Waals surface area (Å²) in [5.41, 5.74) is 3.26. The molecular weight excluding hydrogens is 514 g/mol. The zero-order valence-electron chi connectivity index (χ0n) is 23.0. The molecule has 8 nitrogen and oxygen atoms in total. The number of hydrogen-bond donors (Lipinski definition) is 1. The van der Waals surface area contributed by atoms with E-state index in [4.69, 9.17) is 4.74 Å². The number of hydrogen-bond acceptors (Lipinski definition) is 5. The van der Waals surface area contributed by atoms with Crippen LogP contribution in [0.1, 0.15) is 37.0 Å². The molecule has 1 N–H and O–H groups in total. The molecule has 39 heavy (non-hydrogen) atoms. The van der Waals surface area contributed by atoms with E-state index >= 15 is 0 Å². The van der Waals surface area contributed by atoms with Gasteiger partial charge in [-0.25, -0.2) is 8.42 Å². The molecule has 0 bridgehead atoms. The molecular formula is C30H37N3O5S. The first-order chi connectivity index (χ1) is 18.6. The SMILES string of the molecule is CCCNC(=O)[C@H](C)N(Cc1ccc(C)cc1)C(=O)CN(c1ccc(OCc2ccccc2)cc1)S(C)(=O)=O. The number of nitrogens with one attached hydrogen (secondary N) is 1. The van der Waals surface area contributed by atoms with Crippen LogP contribution in [0.15, 0.2) is 78.9 Å². The quantitative estimate of drug-likeness (QED) is 0.342. The lowest BCUT2D eigenvalue weighted by atomic mass is 10.1. The van der Waals surface area contributed by atoms with E-state index < -0.39 is 28.5 Å². The van der Waals surface area contributed by atoms with Gasteiger partial charge in [0.15, 0.2) is 0 Å². The van der Waals surface area contributed by atoms with Gasteiger partial charge in [-0.2, -0.15) is 0 Å². The molecule has 0 saturated carbocycles. The van der Waals surface area contributed by atoms with E-state index in [-0.39, 0.29) is 12.5 Å². The highest BCUT2D eigenvalue weighted by atomic mass is 32.2. The highest BCUT2D eigenvalue weighted by molar-refractivity contribution is 7.92. The molecule has 0 fully saturated rings. The average Bonchev–Trinajstić information content (AvgIpc) is 2.93. The van der Waals surface area contributed by atoms with Crippen molar-refractivity contribution in [3.63, 3.8) is 0 Å². The van der Waals surface area contributed by atoms with Crippen molar-refractivity contribution in [1.29, 1.82) is 0 Å². The summed E-state index contributed by atoms with van der Waals surface area (Å²) in [6.07, 6.45) is 1.82. The fourth-order valence-corrected chi connectivity index (χ4v) is 4.78. The van der Waals surface area contributed by atoms with Crippen LogP contribution in [-0.4, -0.2) is 50.5 Å². The lowest BCUT2D eigenvalue weighted by Crippen LogP contribution is -2.51. The lowest BCUT2D eigenvalue weighted by Gasteiger charge is -2.31. The molecule has 3 aromatic carbocycles. The maximum absolute atomic E-state index is 13.6. The molecule has 0 aromatic heterocycles. The molecule has 3 rings (SSSR count). The van der Waals surface area contributed by atoms with Gasteiger partial charge in [-0.15, -0.1) is 0 Å². The van der Waals surface area contributed by atoms with Gasteiger partial charge < -0.3 is 15.0 Å². The number of rotatable bonds is 13. The van der Waals surface area contributed by atoms with Crippen molar-refractivity contribution in [1.82, 2.24) is 10.2 Å². The van der Waals surface area contributed by atoms with Crippen molar-refractivity contribution in [3.05, 3.63) is 95.6 Å². The third-order valence-electron chi connectivity index (χ3n) is 6.24. The van der Waals surface area contributed by atoms with Crippen LogP contribution in [0.25, 0.3) is 0 Å². The molecule has 0 spiro atoms. The van der Waals surface area contributed by atoms with Gasteiger partial charge in [0.25, 0.3) is 0 Å². The Kier molecular flexibility index (Phi) is 10.5. The predicted molar refractivity (Wildman–Crippen MR) is 154 cm³/mol. The Hall–Kier alpha value is -3.85. The normalized spacial score (nSPS) is 11.9. The molecule has 9 heteroatoms. The maximum atomic E-state index is 13.6. The second-order valence-electron chi connectivity index (χ2n) is 9.51. The van der Waals surface area contributed by atoms with Gasteiger partial charge in [0.05, 0.1) is 11.9 Å². The van der Waals surface area contributed by atoms with Gasteiger partial charge in [-0.05, 0) is 55.7 Å². The van der Waals surface area contributed by atoms with Gasteiger partial charge in [-0.3, -0.25) is 13.9 Å². The standard InChI is InChI=1S/C30H37N3O5S/c1-5-19-31-30(35)24(3)32(20-25-13-11-23(2)12-14-25)29(34)21-33(39(4,36)37)27-15-17-28(18-16-27)38-22-26-9-7-6-8-10-26/h6-18,24H,5,19-22H2,1-4H3,(H,31,35)/t24-/m0/s1. The third-order valence-corrected chi connectivity index (χ3v) is 7.38. The largest absolute Gasteiger partial charge is 0.489 e. The summed E-state index contributed by atoms with van der Waals surface area (Å²) in [6.45, 7) is 6.16. The molecule has 1 atom stereocenters. The van der Waals surface area contributed by atoms with E-state index in [1.54, 1.807) is 31.2 Å². The van der Waals surface area contributed by atoms with Gasteiger partial charge >= 0.3 is 0 Å². The number of nitrogens with zero attached hydrogens (tertiary/aromatic N) is 2.